The molecule has 6 nitrogen and oxygen atoms in total. The number of benzene rings is 2. The second kappa shape index (κ2) is 6.92. The number of carboxylic acid groups (broad SMARTS) is 1. The molecule has 0 saturated heterocycles. The third kappa shape index (κ3) is 3.22. The minimum atomic E-state index is -3.98. The molecule has 0 aromatic heterocycles. The number of aliphatic carboxylic acids is 1. The van der Waals surface area contributed by atoms with Crippen LogP contribution in [0.25, 0.3) is 0 Å². The Morgan fingerprint density at radius 2 is 1.73 bits per heavy atom. The number of carbonyl (C=O) groups excluding carboxylic acids is 1. The summed E-state index contributed by atoms with van der Waals surface area (Å²) in [6.07, 6.45) is -0.243. The monoisotopic (exact) mass is 373 g/mol. The van der Waals surface area contributed by atoms with Crippen molar-refractivity contribution < 1.29 is 23.1 Å². The lowest BCUT2D eigenvalue weighted by molar-refractivity contribution is -0.138. The molecule has 0 aliphatic carbocycles. The Morgan fingerprint density at radius 1 is 1.12 bits per heavy atom. The van der Waals surface area contributed by atoms with Gasteiger partial charge in [-0.1, -0.05) is 49.4 Å². The van der Waals surface area contributed by atoms with Crippen LogP contribution >= 0.6 is 0 Å². The van der Waals surface area contributed by atoms with Crippen molar-refractivity contribution in [2.24, 2.45) is 5.92 Å². The van der Waals surface area contributed by atoms with Crippen LogP contribution in [0.4, 0.5) is 5.69 Å². The van der Waals surface area contributed by atoms with Crippen LogP contribution in [0.2, 0.25) is 0 Å². The number of carbonyl (C=O) groups is 2. The zero-order valence-electron chi connectivity index (χ0n) is 14.1. The molecule has 1 heterocycles. The lowest BCUT2D eigenvalue weighted by Gasteiger charge is -2.24. The third-order valence-electron chi connectivity index (χ3n) is 4.55. The fourth-order valence-corrected chi connectivity index (χ4v) is 5.23. The number of nitrogens with one attached hydrogen (secondary N) is 1. The number of carboxylic acids is 1. The Hall–Kier alpha value is -2.67. The van der Waals surface area contributed by atoms with Crippen molar-refractivity contribution >= 4 is 27.3 Å². The zero-order valence-corrected chi connectivity index (χ0v) is 14.9. The lowest BCUT2D eigenvalue weighted by atomic mass is 9.91. The van der Waals surface area contributed by atoms with Gasteiger partial charge in [0.1, 0.15) is 0 Å². The van der Waals surface area contributed by atoms with Crippen molar-refractivity contribution in [1.82, 2.24) is 0 Å². The SMILES string of the molecule is CC(CC(=O)O)C1Nc2ccccc2S(=O)(=O)C(c2ccccc2)C1=O. The number of para-hydroxylation sites is 1. The van der Waals surface area contributed by atoms with E-state index in [0.29, 0.717) is 11.3 Å². The van der Waals surface area contributed by atoms with Gasteiger partial charge >= 0.3 is 5.97 Å². The van der Waals surface area contributed by atoms with E-state index in [-0.39, 0.29) is 11.3 Å². The number of fused-ring (bicyclic) bond motifs is 1. The summed E-state index contributed by atoms with van der Waals surface area (Å²) in [5, 5.41) is 10.7. The molecular formula is C19H19NO5S. The highest BCUT2D eigenvalue weighted by atomic mass is 32.2. The number of hydrogen-bond acceptors (Lipinski definition) is 5. The van der Waals surface area contributed by atoms with E-state index in [4.69, 9.17) is 5.11 Å². The summed E-state index contributed by atoms with van der Waals surface area (Å²) in [5.74, 6) is -2.16. The van der Waals surface area contributed by atoms with Gasteiger partial charge in [0.15, 0.2) is 20.9 Å². The van der Waals surface area contributed by atoms with Crippen molar-refractivity contribution in [1.29, 1.82) is 0 Å². The first-order valence-electron chi connectivity index (χ1n) is 8.22. The van der Waals surface area contributed by atoms with E-state index < -0.39 is 38.8 Å². The molecule has 3 atom stereocenters. The maximum Gasteiger partial charge on any atom is 0.303 e. The molecule has 26 heavy (non-hydrogen) atoms. The van der Waals surface area contributed by atoms with Crippen LogP contribution in [0.3, 0.4) is 0 Å². The second-order valence-corrected chi connectivity index (χ2v) is 8.43. The van der Waals surface area contributed by atoms with Gasteiger partial charge in [0.05, 0.1) is 23.0 Å². The predicted molar refractivity (Wildman–Crippen MR) is 96.6 cm³/mol. The van der Waals surface area contributed by atoms with Crippen molar-refractivity contribution in [3.05, 3.63) is 60.2 Å². The molecule has 1 aliphatic heterocycles. The minimum absolute atomic E-state index is 0.0484. The highest BCUT2D eigenvalue weighted by Gasteiger charge is 2.44. The topological polar surface area (TPSA) is 101 Å². The number of Topliss-reactive ketones (excluding diaryl/α,β-unsaturated/α-hetero) is 1. The van der Waals surface area contributed by atoms with Gasteiger partial charge in [-0.15, -0.1) is 0 Å². The van der Waals surface area contributed by atoms with Crippen molar-refractivity contribution in [2.45, 2.75) is 29.5 Å². The Kier molecular flexibility index (Phi) is 4.82. The van der Waals surface area contributed by atoms with Gasteiger partial charge in [0.2, 0.25) is 0 Å². The number of sulfone groups is 1. The maximum atomic E-state index is 13.2. The molecule has 0 fully saturated rings. The fourth-order valence-electron chi connectivity index (χ4n) is 3.30. The van der Waals surface area contributed by atoms with Crippen molar-refractivity contribution in [3.8, 4) is 0 Å². The van der Waals surface area contributed by atoms with E-state index in [1.54, 1.807) is 55.5 Å². The Labute approximate surface area is 151 Å². The van der Waals surface area contributed by atoms with Gasteiger partial charge in [0.25, 0.3) is 0 Å². The van der Waals surface area contributed by atoms with E-state index in [1.807, 2.05) is 0 Å². The maximum absolute atomic E-state index is 13.2. The first kappa shape index (κ1) is 18.1. The molecule has 2 aromatic carbocycles. The van der Waals surface area contributed by atoms with Gasteiger partial charge in [-0.2, -0.15) is 0 Å². The molecule has 1 aliphatic rings. The van der Waals surface area contributed by atoms with E-state index >= 15 is 0 Å². The summed E-state index contributed by atoms with van der Waals surface area (Å²) in [4.78, 5) is 24.4. The number of rotatable bonds is 4. The molecule has 3 unspecified atom stereocenters. The van der Waals surface area contributed by atoms with E-state index in [1.165, 1.54) is 6.07 Å². The molecular weight excluding hydrogens is 354 g/mol. The smallest absolute Gasteiger partial charge is 0.303 e. The number of hydrogen-bond donors (Lipinski definition) is 2. The molecule has 0 radical (unpaired) electrons. The van der Waals surface area contributed by atoms with E-state index in [9.17, 15) is 18.0 Å². The quantitative estimate of drug-likeness (QED) is 0.855. The highest BCUT2D eigenvalue weighted by Crippen LogP contribution is 2.39. The van der Waals surface area contributed by atoms with Crippen LogP contribution in [-0.2, 0) is 19.4 Å². The van der Waals surface area contributed by atoms with Crippen molar-refractivity contribution in [2.75, 3.05) is 5.32 Å². The fraction of sp³-hybridized carbons (Fsp3) is 0.263. The first-order chi connectivity index (χ1) is 12.3. The summed E-state index contributed by atoms with van der Waals surface area (Å²) < 4.78 is 26.5. The van der Waals surface area contributed by atoms with Crippen LogP contribution in [0.15, 0.2) is 59.5 Å². The summed E-state index contributed by atoms with van der Waals surface area (Å²) in [7, 11) is -3.98. The molecule has 136 valence electrons. The number of ketones is 1. The Bertz CT molecular complexity index is 939. The van der Waals surface area contributed by atoms with Crippen LogP contribution in [0.5, 0.6) is 0 Å². The molecule has 0 amide bonds. The highest BCUT2D eigenvalue weighted by molar-refractivity contribution is 7.92. The summed E-state index contributed by atoms with van der Waals surface area (Å²) >= 11 is 0. The number of anilines is 1. The van der Waals surface area contributed by atoms with Gasteiger partial charge in [-0.25, -0.2) is 8.42 Å². The van der Waals surface area contributed by atoms with E-state index in [0.717, 1.165) is 0 Å². The molecule has 2 aromatic rings. The van der Waals surface area contributed by atoms with Gasteiger partial charge in [0, 0.05) is 0 Å². The zero-order chi connectivity index (χ0) is 18.9. The summed E-state index contributed by atoms with van der Waals surface area (Å²) in [6.45, 7) is 1.63. The standard InChI is InChI=1S/C19H19NO5S/c1-12(11-16(21)22)17-18(23)19(13-7-3-2-4-8-13)26(24,25)15-10-6-5-9-14(15)20-17/h2-10,12,17,19-20H,11H2,1H3,(H,21,22). The minimum Gasteiger partial charge on any atom is -0.481 e. The second-order valence-electron chi connectivity index (χ2n) is 6.43. The van der Waals surface area contributed by atoms with Crippen LogP contribution in [0.1, 0.15) is 24.2 Å². The molecule has 7 heteroatoms. The van der Waals surface area contributed by atoms with Gasteiger partial charge < -0.3 is 10.4 Å². The summed E-state index contributed by atoms with van der Waals surface area (Å²) in [5.41, 5.74) is 0.699. The largest absolute Gasteiger partial charge is 0.481 e. The molecule has 0 spiro atoms. The third-order valence-corrected chi connectivity index (χ3v) is 6.64. The lowest BCUT2D eigenvalue weighted by Crippen LogP contribution is -2.39. The van der Waals surface area contributed by atoms with Crippen LogP contribution in [-0.4, -0.2) is 31.3 Å². The Morgan fingerprint density at radius 3 is 2.38 bits per heavy atom. The average Bonchev–Trinajstić information content (AvgIpc) is 2.68. The molecule has 3 rings (SSSR count). The van der Waals surface area contributed by atoms with Crippen LogP contribution in [0, 0.1) is 5.92 Å². The van der Waals surface area contributed by atoms with Gasteiger partial charge in [-0.3, -0.25) is 9.59 Å². The first-order valence-corrected chi connectivity index (χ1v) is 9.77. The molecule has 0 bridgehead atoms. The van der Waals surface area contributed by atoms with E-state index in [2.05, 4.69) is 5.32 Å². The normalized spacial score (nSPS) is 22.6. The Balaban J connectivity index is 2.19. The van der Waals surface area contributed by atoms with Crippen LogP contribution < -0.4 is 5.32 Å². The molecule has 0 saturated carbocycles. The summed E-state index contributed by atoms with van der Waals surface area (Å²) in [6, 6.07) is 13.7. The van der Waals surface area contributed by atoms with Crippen molar-refractivity contribution in [3.63, 3.8) is 0 Å². The van der Waals surface area contributed by atoms with Gasteiger partial charge in [-0.05, 0) is 23.6 Å². The predicted octanol–water partition coefficient (Wildman–Crippen LogP) is 2.68. The molecule has 2 N–H and O–H groups in total. The average molecular weight is 373 g/mol.